The summed E-state index contributed by atoms with van der Waals surface area (Å²) < 4.78 is 25.5. The van der Waals surface area contributed by atoms with E-state index in [0.717, 1.165) is 74.0 Å². The predicted molar refractivity (Wildman–Crippen MR) is 159 cm³/mol. The first-order valence-corrected chi connectivity index (χ1v) is 16.7. The van der Waals surface area contributed by atoms with Gasteiger partial charge in [-0.25, -0.2) is 0 Å². The van der Waals surface area contributed by atoms with Crippen LogP contribution >= 0.6 is 23.2 Å². The summed E-state index contributed by atoms with van der Waals surface area (Å²) in [7, 11) is -2.58. The van der Waals surface area contributed by atoms with Crippen LogP contribution in [-0.2, 0) is 21.6 Å². The first-order valence-electron chi connectivity index (χ1n) is 13.7. The Balaban J connectivity index is 2.06. The van der Waals surface area contributed by atoms with Crippen LogP contribution in [-0.4, -0.2) is 16.8 Å². The van der Waals surface area contributed by atoms with E-state index in [0.29, 0.717) is 12.8 Å². The highest BCUT2D eigenvalue weighted by atomic mass is 35.5. The zero-order valence-corrected chi connectivity index (χ0v) is 25.2. The van der Waals surface area contributed by atoms with Crippen molar-refractivity contribution < 1.29 is 8.42 Å². The molecule has 36 heavy (non-hydrogen) atoms. The topological polar surface area (TPSA) is 34.1 Å². The summed E-state index contributed by atoms with van der Waals surface area (Å²) in [6, 6.07) is 19.2. The lowest BCUT2D eigenvalue weighted by Gasteiger charge is -2.29. The van der Waals surface area contributed by atoms with Gasteiger partial charge in [-0.1, -0.05) is 114 Å². The Labute approximate surface area is 234 Å². The molecule has 2 rings (SSSR count). The molecular weight excluding hydrogens is 527 g/mol. The highest BCUT2D eigenvalue weighted by molar-refractivity contribution is 7.88. The summed E-state index contributed by atoms with van der Waals surface area (Å²) in [6.07, 6.45) is 13.2. The van der Waals surface area contributed by atoms with E-state index in [1.807, 2.05) is 60.7 Å². The molecule has 2 aromatic rings. The van der Waals surface area contributed by atoms with Crippen LogP contribution in [0.25, 0.3) is 0 Å². The molecule has 4 atom stereocenters. The number of benzene rings is 2. The van der Waals surface area contributed by atoms with E-state index >= 15 is 0 Å². The van der Waals surface area contributed by atoms with Gasteiger partial charge in [0.05, 0.1) is 21.6 Å². The SMILES string of the molecule is CCCCCCC(Cl)(CCCCC(Cl)(CCCCCC)S(=O)c1ccccc1)S(=O)c1ccccc1. The Bertz CT molecular complexity index is 834. The third kappa shape index (κ3) is 10.2. The van der Waals surface area contributed by atoms with Gasteiger partial charge < -0.3 is 0 Å². The third-order valence-corrected chi connectivity index (χ3v) is 11.9. The molecule has 0 saturated heterocycles. The number of rotatable bonds is 19. The average molecular weight is 572 g/mol. The number of halogens is 2. The summed E-state index contributed by atoms with van der Waals surface area (Å²) in [5, 5.41) is 0. The Morgan fingerprint density at radius 1 is 0.528 bits per heavy atom. The molecule has 0 spiro atoms. The quantitative estimate of drug-likeness (QED) is 0.124. The molecule has 0 heterocycles. The minimum absolute atomic E-state index is 0.656. The molecule has 2 aromatic carbocycles. The fraction of sp³-hybridized carbons (Fsp3) is 0.600. The first kappa shape index (κ1) is 31.5. The van der Waals surface area contributed by atoms with E-state index in [4.69, 9.17) is 23.2 Å². The molecule has 0 bridgehead atoms. The minimum atomic E-state index is -1.29. The van der Waals surface area contributed by atoms with Crippen molar-refractivity contribution in [3.05, 3.63) is 60.7 Å². The zero-order chi connectivity index (χ0) is 26.3. The molecule has 0 fully saturated rings. The maximum atomic E-state index is 13.5. The van der Waals surface area contributed by atoms with E-state index < -0.39 is 30.0 Å². The van der Waals surface area contributed by atoms with Crippen LogP contribution in [0.5, 0.6) is 0 Å². The van der Waals surface area contributed by atoms with Crippen molar-refractivity contribution in [2.75, 3.05) is 0 Å². The van der Waals surface area contributed by atoms with Crippen molar-refractivity contribution in [3.63, 3.8) is 0 Å². The second kappa shape index (κ2) is 17.0. The van der Waals surface area contributed by atoms with Crippen LogP contribution in [0.2, 0.25) is 0 Å². The van der Waals surface area contributed by atoms with Gasteiger partial charge in [0.2, 0.25) is 0 Å². The molecule has 0 radical (unpaired) electrons. The number of unbranched alkanes of at least 4 members (excludes halogenated alkanes) is 7. The molecule has 6 heteroatoms. The van der Waals surface area contributed by atoms with E-state index in [-0.39, 0.29) is 0 Å². The van der Waals surface area contributed by atoms with Gasteiger partial charge in [0.15, 0.2) is 0 Å². The number of alkyl halides is 2. The van der Waals surface area contributed by atoms with Crippen LogP contribution in [0.1, 0.15) is 104 Å². The van der Waals surface area contributed by atoms with Gasteiger partial charge in [0, 0.05) is 9.79 Å². The van der Waals surface area contributed by atoms with Crippen molar-refractivity contribution in [3.8, 4) is 0 Å². The summed E-state index contributed by atoms with van der Waals surface area (Å²) in [6.45, 7) is 4.38. The molecule has 2 nitrogen and oxygen atoms in total. The molecule has 4 unspecified atom stereocenters. The number of hydrogen-bond acceptors (Lipinski definition) is 2. The molecule has 0 aliphatic rings. The Hall–Kier alpha value is -0.680. The summed E-state index contributed by atoms with van der Waals surface area (Å²) in [5.41, 5.74) is 0. The van der Waals surface area contributed by atoms with Crippen LogP contribution in [0, 0.1) is 0 Å². The molecule has 0 aromatic heterocycles. The average Bonchev–Trinajstić information content (AvgIpc) is 2.92. The van der Waals surface area contributed by atoms with E-state index in [9.17, 15) is 8.42 Å². The Morgan fingerprint density at radius 3 is 1.14 bits per heavy atom. The minimum Gasteiger partial charge on any atom is -0.253 e. The second-order valence-corrected chi connectivity index (χ2v) is 15.2. The Kier molecular flexibility index (Phi) is 14.9. The van der Waals surface area contributed by atoms with Crippen molar-refractivity contribution >= 4 is 44.8 Å². The summed E-state index contributed by atoms with van der Waals surface area (Å²) >= 11 is 14.3. The van der Waals surface area contributed by atoms with Crippen molar-refractivity contribution in [2.24, 2.45) is 0 Å². The fourth-order valence-corrected chi connectivity index (χ4v) is 8.58. The van der Waals surface area contributed by atoms with Gasteiger partial charge in [-0.2, -0.15) is 0 Å². The number of hydrogen-bond donors (Lipinski definition) is 0. The smallest absolute Gasteiger partial charge is 0.124 e. The lowest BCUT2D eigenvalue weighted by Crippen LogP contribution is -2.30. The molecule has 0 amide bonds. The van der Waals surface area contributed by atoms with Crippen LogP contribution in [0.3, 0.4) is 0 Å². The van der Waals surface area contributed by atoms with Gasteiger partial charge in [-0.3, -0.25) is 8.42 Å². The van der Waals surface area contributed by atoms with Crippen molar-refractivity contribution in [1.29, 1.82) is 0 Å². The van der Waals surface area contributed by atoms with E-state index in [1.54, 1.807) is 0 Å². The molecule has 202 valence electrons. The standard InChI is InChI=1S/C30H44Cl2O2S2/c1-3-5-7-15-23-29(31,35(33)27-19-11-9-12-20-27)25-17-18-26-30(32,24-16-8-6-4-2)36(34)28-21-13-10-14-22-28/h9-14,19-22H,3-8,15-18,23-26H2,1-2H3. The molecule has 0 N–H and O–H groups in total. The molecule has 0 aliphatic heterocycles. The monoisotopic (exact) mass is 570 g/mol. The normalized spacial score (nSPS) is 16.7. The van der Waals surface area contributed by atoms with Crippen molar-refractivity contribution in [1.82, 2.24) is 0 Å². The maximum Gasteiger partial charge on any atom is 0.124 e. The van der Waals surface area contributed by atoms with Gasteiger partial charge in [0.1, 0.15) is 8.41 Å². The molecular formula is C30H44Cl2O2S2. The van der Waals surface area contributed by atoms with Crippen LogP contribution in [0.15, 0.2) is 70.5 Å². The fourth-order valence-electron chi connectivity index (χ4n) is 4.54. The first-order chi connectivity index (χ1) is 17.4. The van der Waals surface area contributed by atoms with Gasteiger partial charge in [-0.05, 0) is 49.9 Å². The third-order valence-electron chi connectivity index (χ3n) is 6.74. The van der Waals surface area contributed by atoms with E-state index in [2.05, 4.69) is 13.8 Å². The summed E-state index contributed by atoms with van der Waals surface area (Å²) in [5.74, 6) is 0. The second-order valence-electron chi connectivity index (χ2n) is 9.76. The largest absolute Gasteiger partial charge is 0.253 e. The highest BCUT2D eigenvalue weighted by Crippen LogP contribution is 2.40. The van der Waals surface area contributed by atoms with Crippen LogP contribution < -0.4 is 0 Å². The van der Waals surface area contributed by atoms with Crippen LogP contribution in [0.4, 0.5) is 0 Å². The van der Waals surface area contributed by atoms with Gasteiger partial charge in [0.25, 0.3) is 0 Å². The molecule has 0 saturated carbocycles. The Morgan fingerprint density at radius 2 is 0.833 bits per heavy atom. The zero-order valence-electron chi connectivity index (χ0n) is 22.1. The lowest BCUT2D eigenvalue weighted by molar-refractivity contribution is 0.496. The van der Waals surface area contributed by atoms with Gasteiger partial charge >= 0.3 is 0 Å². The molecule has 0 aliphatic carbocycles. The van der Waals surface area contributed by atoms with Crippen molar-refractivity contribution in [2.45, 2.75) is 122 Å². The maximum absolute atomic E-state index is 13.5. The highest BCUT2D eigenvalue weighted by Gasteiger charge is 2.37. The van der Waals surface area contributed by atoms with Gasteiger partial charge in [-0.15, -0.1) is 23.2 Å². The van der Waals surface area contributed by atoms with E-state index in [1.165, 1.54) is 12.8 Å². The predicted octanol–water partition coefficient (Wildman–Crippen LogP) is 9.97. The lowest BCUT2D eigenvalue weighted by atomic mass is 10.0. The summed E-state index contributed by atoms with van der Waals surface area (Å²) in [4.78, 5) is 1.58.